The molecule has 108 valence electrons. The molecule has 0 amide bonds. The molecule has 0 saturated carbocycles. The molecular weight excluding hydrogens is 250 g/mol. The SMILES string of the molecule is CCOC(C)CNC(C)c1ccc2ccccc2c1O. The van der Waals surface area contributed by atoms with Crippen LogP contribution in [0.3, 0.4) is 0 Å². The number of nitrogens with one attached hydrogen (secondary N) is 1. The maximum atomic E-state index is 10.4. The second kappa shape index (κ2) is 6.73. The lowest BCUT2D eigenvalue weighted by Crippen LogP contribution is -2.29. The van der Waals surface area contributed by atoms with Crippen molar-refractivity contribution in [2.24, 2.45) is 0 Å². The summed E-state index contributed by atoms with van der Waals surface area (Å²) in [4.78, 5) is 0. The molecule has 3 nitrogen and oxygen atoms in total. The Bertz CT molecular complexity index is 568. The van der Waals surface area contributed by atoms with Gasteiger partial charge >= 0.3 is 0 Å². The third-order valence-corrected chi connectivity index (χ3v) is 3.56. The number of phenolic OH excluding ortho intramolecular Hbond substituents is 1. The van der Waals surface area contributed by atoms with Gasteiger partial charge in [-0.05, 0) is 26.2 Å². The van der Waals surface area contributed by atoms with E-state index in [0.29, 0.717) is 5.75 Å². The van der Waals surface area contributed by atoms with Gasteiger partial charge in [0, 0.05) is 30.1 Å². The predicted molar refractivity (Wildman–Crippen MR) is 83.1 cm³/mol. The molecule has 2 rings (SSSR count). The number of benzene rings is 2. The van der Waals surface area contributed by atoms with E-state index in [9.17, 15) is 5.11 Å². The second-order valence-electron chi connectivity index (χ2n) is 5.12. The van der Waals surface area contributed by atoms with Crippen LogP contribution in [0.2, 0.25) is 0 Å². The van der Waals surface area contributed by atoms with Crippen LogP contribution in [0.25, 0.3) is 10.8 Å². The summed E-state index contributed by atoms with van der Waals surface area (Å²) in [6, 6.07) is 12.0. The van der Waals surface area contributed by atoms with E-state index in [0.717, 1.165) is 29.5 Å². The minimum Gasteiger partial charge on any atom is -0.507 e. The third-order valence-electron chi connectivity index (χ3n) is 3.56. The van der Waals surface area contributed by atoms with Gasteiger partial charge < -0.3 is 15.2 Å². The van der Waals surface area contributed by atoms with Crippen molar-refractivity contribution in [1.29, 1.82) is 0 Å². The van der Waals surface area contributed by atoms with Gasteiger partial charge in [-0.15, -0.1) is 0 Å². The number of phenols is 1. The van der Waals surface area contributed by atoms with Crippen LogP contribution in [0.5, 0.6) is 5.75 Å². The first-order valence-electron chi connectivity index (χ1n) is 7.19. The molecule has 0 spiro atoms. The Kier molecular flexibility index (Phi) is 4.99. The molecule has 3 heteroatoms. The first-order valence-corrected chi connectivity index (χ1v) is 7.19. The molecule has 2 unspecified atom stereocenters. The normalized spacial score (nSPS) is 14.3. The van der Waals surface area contributed by atoms with E-state index >= 15 is 0 Å². The van der Waals surface area contributed by atoms with E-state index in [1.54, 1.807) is 0 Å². The fraction of sp³-hybridized carbons (Fsp3) is 0.412. The number of hydrogen-bond donors (Lipinski definition) is 2. The Labute approximate surface area is 120 Å². The van der Waals surface area contributed by atoms with E-state index in [4.69, 9.17) is 4.74 Å². The number of aromatic hydroxyl groups is 1. The number of fused-ring (bicyclic) bond motifs is 1. The second-order valence-corrected chi connectivity index (χ2v) is 5.12. The molecule has 2 N–H and O–H groups in total. The van der Waals surface area contributed by atoms with E-state index in [2.05, 4.69) is 18.3 Å². The zero-order valence-corrected chi connectivity index (χ0v) is 12.4. The third kappa shape index (κ3) is 3.30. The Morgan fingerprint density at radius 1 is 1.15 bits per heavy atom. The summed E-state index contributed by atoms with van der Waals surface area (Å²) in [6.45, 7) is 7.58. The molecule has 0 aliphatic heterocycles. The van der Waals surface area contributed by atoms with Crippen LogP contribution < -0.4 is 5.32 Å². The smallest absolute Gasteiger partial charge is 0.128 e. The summed E-state index contributed by atoms with van der Waals surface area (Å²) in [7, 11) is 0. The van der Waals surface area contributed by atoms with Crippen molar-refractivity contribution >= 4 is 10.8 Å². The predicted octanol–water partition coefficient (Wildman–Crippen LogP) is 3.62. The highest BCUT2D eigenvalue weighted by Crippen LogP contribution is 2.32. The zero-order chi connectivity index (χ0) is 14.5. The molecule has 2 aromatic carbocycles. The highest BCUT2D eigenvalue weighted by Gasteiger charge is 2.13. The molecule has 2 aromatic rings. The van der Waals surface area contributed by atoms with E-state index in [1.807, 2.05) is 44.2 Å². The Balaban J connectivity index is 2.14. The lowest BCUT2D eigenvalue weighted by Gasteiger charge is -2.19. The molecule has 0 saturated heterocycles. The van der Waals surface area contributed by atoms with Crippen LogP contribution in [0, 0.1) is 0 Å². The average molecular weight is 273 g/mol. The van der Waals surface area contributed by atoms with Crippen LogP contribution in [0.15, 0.2) is 36.4 Å². The summed E-state index contributed by atoms with van der Waals surface area (Å²) in [5.74, 6) is 0.368. The topological polar surface area (TPSA) is 41.5 Å². The van der Waals surface area contributed by atoms with E-state index in [-0.39, 0.29) is 12.1 Å². The summed E-state index contributed by atoms with van der Waals surface area (Å²) in [5.41, 5.74) is 0.924. The van der Waals surface area contributed by atoms with Crippen molar-refractivity contribution in [3.05, 3.63) is 42.0 Å². The number of hydrogen-bond acceptors (Lipinski definition) is 3. The van der Waals surface area contributed by atoms with Crippen molar-refractivity contribution in [2.45, 2.75) is 32.9 Å². The Morgan fingerprint density at radius 3 is 2.65 bits per heavy atom. The van der Waals surface area contributed by atoms with Crippen molar-refractivity contribution < 1.29 is 9.84 Å². The maximum Gasteiger partial charge on any atom is 0.128 e. The summed E-state index contributed by atoms with van der Waals surface area (Å²) < 4.78 is 5.50. The molecule has 0 aromatic heterocycles. The van der Waals surface area contributed by atoms with Gasteiger partial charge in [0.15, 0.2) is 0 Å². The molecular formula is C17H23NO2. The van der Waals surface area contributed by atoms with Crippen LogP contribution in [-0.4, -0.2) is 24.4 Å². The van der Waals surface area contributed by atoms with Crippen molar-refractivity contribution in [1.82, 2.24) is 5.32 Å². The van der Waals surface area contributed by atoms with Gasteiger partial charge in [0.25, 0.3) is 0 Å². The van der Waals surface area contributed by atoms with Crippen LogP contribution in [0.1, 0.15) is 32.4 Å². The largest absolute Gasteiger partial charge is 0.507 e. The fourth-order valence-electron chi connectivity index (χ4n) is 2.42. The number of rotatable bonds is 6. The highest BCUT2D eigenvalue weighted by molar-refractivity contribution is 5.89. The van der Waals surface area contributed by atoms with Gasteiger partial charge in [-0.25, -0.2) is 0 Å². The minimum atomic E-state index is 0.0857. The van der Waals surface area contributed by atoms with Crippen LogP contribution in [0.4, 0.5) is 0 Å². The summed E-state index contributed by atoms with van der Waals surface area (Å²) >= 11 is 0. The molecule has 0 heterocycles. The van der Waals surface area contributed by atoms with Crippen LogP contribution >= 0.6 is 0 Å². The average Bonchev–Trinajstić information content (AvgIpc) is 2.46. The first-order chi connectivity index (χ1) is 9.63. The molecule has 2 atom stereocenters. The van der Waals surface area contributed by atoms with Gasteiger partial charge in [0.05, 0.1) is 6.10 Å². The zero-order valence-electron chi connectivity index (χ0n) is 12.4. The first kappa shape index (κ1) is 14.8. The lowest BCUT2D eigenvalue weighted by atomic mass is 10.0. The fourth-order valence-corrected chi connectivity index (χ4v) is 2.42. The molecule has 0 bridgehead atoms. The molecule has 0 aliphatic rings. The molecule has 20 heavy (non-hydrogen) atoms. The van der Waals surface area contributed by atoms with Gasteiger partial charge in [0.2, 0.25) is 0 Å². The van der Waals surface area contributed by atoms with Crippen molar-refractivity contribution in [3.63, 3.8) is 0 Å². The summed E-state index contributed by atoms with van der Waals surface area (Å²) in [5, 5.41) is 15.8. The van der Waals surface area contributed by atoms with Gasteiger partial charge in [-0.2, -0.15) is 0 Å². The van der Waals surface area contributed by atoms with Gasteiger partial charge in [-0.1, -0.05) is 36.4 Å². The quantitative estimate of drug-likeness (QED) is 0.844. The minimum absolute atomic E-state index is 0.0857. The molecule has 0 radical (unpaired) electrons. The number of ether oxygens (including phenoxy) is 1. The van der Waals surface area contributed by atoms with Crippen molar-refractivity contribution in [3.8, 4) is 5.75 Å². The lowest BCUT2D eigenvalue weighted by molar-refractivity contribution is 0.0743. The Morgan fingerprint density at radius 2 is 1.90 bits per heavy atom. The van der Waals surface area contributed by atoms with E-state index < -0.39 is 0 Å². The van der Waals surface area contributed by atoms with Gasteiger partial charge in [0.1, 0.15) is 5.75 Å². The highest BCUT2D eigenvalue weighted by atomic mass is 16.5. The Hall–Kier alpha value is -1.58. The molecule has 0 fully saturated rings. The van der Waals surface area contributed by atoms with Gasteiger partial charge in [-0.3, -0.25) is 0 Å². The monoisotopic (exact) mass is 273 g/mol. The van der Waals surface area contributed by atoms with E-state index in [1.165, 1.54) is 0 Å². The molecule has 0 aliphatic carbocycles. The standard InChI is InChI=1S/C17H23NO2/c1-4-20-12(2)11-18-13(3)15-10-9-14-7-5-6-8-16(14)17(15)19/h5-10,12-13,18-19H,4,11H2,1-3H3. The van der Waals surface area contributed by atoms with Crippen molar-refractivity contribution in [2.75, 3.05) is 13.2 Å². The summed E-state index contributed by atoms with van der Waals surface area (Å²) in [6.07, 6.45) is 0.171. The van der Waals surface area contributed by atoms with Crippen LogP contribution in [-0.2, 0) is 4.74 Å². The maximum absolute atomic E-state index is 10.4.